The minimum atomic E-state index is -0.701. The first kappa shape index (κ1) is 30.3. The summed E-state index contributed by atoms with van der Waals surface area (Å²) in [5, 5.41) is 6.13. The van der Waals surface area contributed by atoms with E-state index in [1.54, 1.807) is 43.6 Å². The van der Waals surface area contributed by atoms with Gasteiger partial charge in [-0.25, -0.2) is 4.39 Å². The minimum absolute atomic E-state index is 0.0516. The van der Waals surface area contributed by atoms with E-state index >= 15 is 0 Å². The molecule has 1 saturated heterocycles. The lowest BCUT2D eigenvalue weighted by Gasteiger charge is -2.64. The molecule has 2 heterocycles. The van der Waals surface area contributed by atoms with Gasteiger partial charge in [0.25, 0.3) is 5.91 Å². The van der Waals surface area contributed by atoms with Gasteiger partial charge in [-0.3, -0.25) is 14.6 Å². The van der Waals surface area contributed by atoms with Crippen molar-refractivity contribution in [1.29, 1.82) is 0 Å². The molecular formula is C34H39BFN3O5. The van der Waals surface area contributed by atoms with E-state index in [9.17, 15) is 14.0 Å². The molecule has 1 aromatic heterocycles. The SMILES string of the molecule is COc1cccc(C(CC(=O)N[C@@H](Cc2cccc(F)c2)B2O[C@@H]3C[C@@H]4C[C@@H](C4(C)C)[C@]3(C)O2)NC(=O)c2cccnc2)c1. The monoisotopic (exact) mass is 599 g/mol. The molecule has 4 aliphatic rings. The van der Waals surface area contributed by atoms with E-state index in [1.807, 2.05) is 18.2 Å². The molecule has 1 aliphatic heterocycles. The molecule has 2 amide bonds. The quantitative estimate of drug-likeness (QED) is 0.316. The van der Waals surface area contributed by atoms with Crippen LogP contribution in [0.3, 0.4) is 0 Å². The zero-order valence-corrected chi connectivity index (χ0v) is 25.6. The smallest absolute Gasteiger partial charge is 0.482 e. The molecule has 2 N–H and O–H groups in total. The van der Waals surface area contributed by atoms with Gasteiger partial charge < -0.3 is 24.7 Å². The molecular weight excluding hydrogens is 560 g/mol. The fraction of sp³-hybridized carbons (Fsp3) is 0.441. The zero-order chi connectivity index (χ0) is 31.1. The molecule has 10 heteroatoms. The second kappa shape index (κ2) is 12.0. The molecule has 4 fully saturated rings. The van der Waals surface area contributed by atoms with E-state index < -0.39 is 24.7 Å². The van der Waals surface area contributed by atoms with Crippen molar-refractivity contribution in [3.8, 4) is 5.75 Å². The Kier molecular flexibility index (Phi) is 8.24. The topological polar surface area (TPSA) is 98.8 Å². The average Bonchev–Trinajstić information content (AvgIpc) is 3.38. The largest absolute Gasteiger partial charge is 0.497 e. The fourth-order valence-corrected chi connectivity index (χ4v) is 7.50. The van der Waals surface area contributed by atoms with Gasteiger partial charge in [-0.15, -0.1) is 0 Å². The van der Waals surface area contributed by atoms with E-state index in [-0.39, 0.29) is 35.6 Å². The Bertz CT molecular complexity index is 1520. The number of pyridine rings is 1. The fourth-order valence-electron chi connectivity index (χ4n) is 7.50. The second-order valence-corrected chi connectivity index (χ2v) is 13.1. The molecule has 230 valence electrons. The Labute approximate surface area is 258 Å². The maximum atomic E-state index is 14.2. The predicted molar refractivity (Wildman–Crippen MR) is 164 cm³/mol. The number of nitrogens with one attached hydrogen (secondary N) is 2. The number of aromatic nitrogens is 1. The summed E-state index contributed by atoms with van der Waals surface area (Å²) in [6, 6.07) is 16.3. The third kappa shape index (κ3) is 5.85. The first-order valence-corrected chi connectivity index (χ1v) is 15.3. The van der Waals surface area contributed by atoms with Crippen LogP contribution in [0.2, 0.25) is 0 Å². The number of nitrogens with zero attached hydrogens (tertiary/aromatic N) is 1. The molecule has 6 atom stereocenters. The Balaban J connectivity index is 1.24. The van der Waals surface area contributed by atoms with Crippen LogP contribution in [0.5, 0.6) is 5.75 Å². The number of hydrogen-bond donors (Lipinski definition) is 2. The third-order valence-corrected chi connectivity index (χ3v) is 10.1. The summed E-state index contributed by atoms with van der Waals surface area (Å²) in [7, 11) is 0.865. The van der Waals surface area contributed by atoms with Crippen LogP contribution in [0.15, 0.2) is 73.1 Å². The van der Waals surface area contributed by atoms with E-state index in [1.165, 1.54) is 18.3 Å². The number of halogens is 1. The number of amides is 2. The number of hydrogen-bond acceptors (Lipinski definition) is 6. The number of carbonyl (C=O) groups excluding carboxylic acids is 2. The van der Waals surface area contributed by atoms with Gasteiger partial charge in [0.2, 0.25) is 5.91 Å². The molecule has 44 heavy (non-hydrogen) atoms. The van der Waals surface area contributed by atoms with Crippen molar-refractivity contribution in [3.05, 3.63) is 95.6 Å². The lowest BCUT2D eigenvalue weighted by Crippen LogP contribution is -2.65. The van der Waals surface area contributed by atoms with Gasteiger partial charge in [0.15, 0.2) is 0 Å². The van der Waals surface area contributed by atoms with Gasteiger partial charge in [-0.1, -0.05) is 38.1 Å². The minimum Gasteiger partial charge on any atom is -0.497 e. The molecule has 3 saturated carbocycles. The summed E-state index contributed by atoms with van der Waals surface area (Å²) in [5.74, 6) is -0.0334. The second-order valence-electron chi connectivity index (χ2n) is 13.1. The lowest BCUT2D eigenvalue weighted by molar-refractivity contribution is -0.199. The number of methoxy groups -OCH3 is 1. The number of rotatable bonds is 10. The van der Waals surface area contributed by atoms with Crippen LogP contribution in [0.4, 0.5) is 4.39 Å². The highest BCUT2D eigenvalue weighted by Gasteiger charge is 2.68. The first-order chi connectivity index (χ1) is 21.1. The summed E-state index contributed by atoms with van der Waals surface area (Å²) >= 11 is 0. The molecule has 8 nitrogen and oxygen atoms in total. The normalized spacial score (nSPS) is 26.1. The average molecular weight is 600 g/mol. The van der Waals surface area contributed by atoms with Crippen LogP contribution >= 0.6 is 0 Å². The molecule has 2 bridgehead atoms. The highest BCUT2D eigenvalue weighted by molar-refractivity contribution is 6.48. The van der Waals surface area contributed by atoms with Crippen molar-refractivity contribution in [1.82, 2.24) is 15.6 Å². The zero-order valence-electron chi connectivity index (χ0n) is 25.6. The Morgan fingerprint density at radius 1 is 1.09 bits per heavy atom. The number of carbonyl (C=O) groups is 2. The van der Waals surface area contributed by atoms with E-state index in [0.717, 1.165) is 18.4 Å². The highest BCUT2D eigenvalue weighted by Crippen LogP contribution is 2.65. The summed E-state index contributed by atoms with van der Waals surface area (Å²) in [6.07, 6.45) is 5.29. The summed E-state index contributed by atoms with van der Waals surface area (Å²) in [6.45, 7) is 6.73. The number of benzene rings is 2. The van der Waals surface area contributed by atoms with Gasteiger partial charge in [0, 0.05) is 12.4 Å². The van der Waals surface area contributed by atoms with Crippen molar-refractivity contribution in [2.24, 2.45) is 17.3 Å². The van der Waals surface area contributed by atoms with Crippen LogP contribution < -0.4 is 15.4 Å². The maximum absolute atomic E-state index is 14.2. The highest BCUT2D eigenvalue weighted by atomic mass is 19.1. The summed E-state index contributed by atoms with van der Waals surface area (Å²) in [4.78, 5) is 31.0. The standard InChI is InChI=1S/C34H39BFN3O5/c1-33(2)24-17-28(33)34(3)29(18-24)43-35(44-34)30(15-21-8-5-11-25(36)14-21)39-31(40)19-27(22-9-6-12-26(16-22)42-4)38-32(41)23-10-7-13-37-20-23/h5-14,16,20,24,27-30H,15,17-19H2,1-4H3,(H,38,41)(H,39,40)/t24-,27?,28-,29+,30-,34-/m0/s1. The van der Waals surface area contributed by atoms with Crippen molar-refractivity contribution in [2.45, 2.75) is 70.1 Å². The molecule has 2 aromatic carbocycles. The Morgan fingerprint density at radius 3 is 2.64 bits per heavy atom. The van der Waals surface area contributed by atoms with Gasteiger partial charge in [-0.2, -0.15) is 0 Å². The Morgan fingerprint density at radius 2 is 1.91 bits per heavy atom. The van der Waals surface area contributed by atoms with Crippen LogP contribution in [-0.2, 0) is 20.5 Å². The maximum Gasteiger partial charge on any atom is 0.482 e. The van der Waals surface area contributed by atoms with Crippen molar-refractivity contribution >= 4 is 18.9 Å². The molecule has 7 rings (SSSR count). The third-order valence-electron chi connectivity index (χ3n) is 10.1. The molecule has 1 unspecified atom stereocenters. The molecule has 3 aliphatic carbocycles. The molecule has 0 radical (unpaired) electrons. The van der Waals surface area contributed by atoms with Crippen LogP contribution in [0.1, 0.15) is 67.6 Å². The lowest BCUT2D eigenvalue weighted by atomic mass is 9.43. The van der Waals surface area contributed by atoms with Gasteiger partial charge in [-0.05, 0) is 91.0 Å². The van der Waals surface area contributed by atoms with Crippen molar-refractivity contribution in [3.63, 3.8) is 0 Å². The van der Waals surface area contributed by atoms with E-state index in [4.69, 9.17) is 14.0 Å². The summed E-state index contributed by atoms with van der Waals surface area (Å²) < 4.78 is 32.9. The number of ether oxygens (including phenoxy) is 1. The molecule has 0 spiro atoms. The summed E-state index contributed by atoms with van der Waals surface area (Å²) in [5.41, 5.74) is 1.53. The van der Waals surface area contributed by atoms with Crippen LogP contribution in [0.25, 0.3) is 0 Å². The van der Waals surface area contributed by atoms with Gasteiger partial charge in [0.1, 0.15) is 11.6 Å². The van der Waals surface area contributed by atoms with Crippen molar-refractivity contribution < 1.29 is 28.0 Å². The van der Waals surface area contributed by atoms with E-state index in [2.05, 4.69) is 36.4 Å². The molecule has 3 aromatic rings. The predicted octanol–water partition coefficient (Wildman–Crippen LogP) is 5.09. The van der Waals surface area contributed by atoms with E-state index in [0.29, 0.717) is 35.1 Å². The van der Waals surface area contributed by atoms with Crippen LogP contribution in [0, 0.1) is 23.1 Å². The first-order valence-electron chi connectivity index (χ1n) is 15.3. The Hall–Kier alpha value is -3.76. The van der Waals surface area contributed by atoms with Crippen LogP contribution in [-0.4, -0.2) is 48.7 Å². The van der Waals surface area contributed by atoms with Gasteiger partial charge >= 0.3 is 7.12 Å². The van der Waals surface area contributed by atoms with Gasteiger partial charge in [0.05, 0.1) is 42.8 Å². The van der Waals surface area contributed by atoms with Crippen molar-refractivity contribution in [2.75, 3.05) is 7.11 Å².